The van der Waals surface area contributed by atoms with Crippen LogP contribution >= 0.6 is 0 Å². The predicted molar refractivity (Wildman–Crippen MR) is 84.6 cm³/mol. The van der Waals surface area contributed by atoms with Gasteiger partial charge in [-0.05, 0) is 24.7 Å². The molecule has 1 atom stereocenters. The first-order valence-corrected chi connectivity index (χ1v) is 7.72. The molecule has 0 rings (SSSR count). The lowest BCUT2D eigenvalue weighted by Gasteiger charge is -2.30. The highest BCUT2D eigenvalue weighted by Crippen LogP contribution is 2.33. The van der Waals surface area contributed by atoms with Crippen molar-refractivity contribution in [3.05, 3.63) is 0 Å². The zero-order chi connectivity index (χ0) is 16.0. The van der Waals surface area contributed by atoms with Crippen LogP contribution in [0, 0.1) is 16.7 Å². The van der Waals surface area contributed by atoms with Crippen LogP contribution < -0.4 is 5.32 Å². The summed E-state index contributed by atoms with van der Waals surface area (Å²) in [5.74, 6) is 0.515. The van der Waals surface area contributed by atoms with Crippen molar-refractivity contribution in [2.45, 2.75) is 74.1 Å². The van der Waals surface area contributed by atoms with Gasteiger partial charge in [0.05, 0.1) is 0 Å². The van der Waals surface area contributed by atoms with Crippen molar-refractivity contribution in [3.63, 3.8) is 0 Å². The van der Waals surface area contributed by atoms with Crippen LogP contribution in [0.3, 0.4) is 0 Å². The molecular weight excluding hydrogens is 250 g/mol. The fourth-order valence-electron chi connectivity index (χ4n) is 2.46. The molecule has 3 nitrogen and oxygen atoms in total. The van der Waals surface area contributed by atoms with Gasteiger partial charge in [0.15, 0.2) is 0 Å². The summed E-state index contributed by atoms with van der Waals surface area (Å²) < 4.78 is 0. The third-order valence-corrected chi connectivity index (χ3v) is 3.32. The minimum absolute atomic E-state index is 0.0157. The highest BCUT2D eigenvalue weighted by molar-refractivity contribution is 5.85. The summed E-state index contributed by atoms with van der Waals surface area (Å²) in [5, 5.41) is 2.80. The standard InChI is InChI=1S/C17H33NO2/c1-13(19)18-11-9-8-10-14(12-16(2,3)4)15(20)17(5,6)7/h14H,8-12H2,1-7H3,(H,18,19). The first-order valence-electron chi connectivity index (χ1n) is 7.72. The van der Waals surface area contributed by atoms with Gasteiger partial charge in [0.2, 0.25) is 5.91 Å². The van der Waals surface area contributed by atoms with Gasteiger partial charge >= 0.3 is 0 Å². The van der Waals surface area contributed by atoms with Crippen LogP contribution in [0.4, 0.5) is 0 Å². The summed E-state index contributed by atoms with van der Waals surface area (Å²) in [4.78, 5) is 23.3. The van der Waals surface area contributed by atoms with Crippen molar-refractivity contribution in [1.82, 2.24) is 5.32 Å². The van der Waals surface area contributed by atoms with E-state index in [0.29, 0.717) is 12.3 Å². The highest BCUT2D eigenvalue weighted by atomic mass is 16.1. The smallest absolute Gasteiger partial charge is 0.216 e. The van der Waals surface area contributed by atoms with Crippen molar-refractivity contribution in [3.8, 4) is 0 Å². The molecule has 1 N–H and O–H groups in total. The topological polar surface area (TPSA) is 46.2 Å². The lowest BCUT2D eigenvalue weighted by Crippen LogP contribution is -2.31. The number of hydrogen-bond donors (Lipinski definition) is 1. The average molecular weight is 283 g/mol. The Morgan fingerprint density at radius 2 is 1.55 bits per heavy atom. The lowest BCUT2D eigenvalue weighted by atomic mass is 9.74. The number of rotatable bonds is 7. The summed E-state index contributed by atoms with van der Waals surface area (Å²) in [6.45, 7) is 14.8. The van der Waals surface area contributed by atoms with Gasteiger partial charge in [0.25, 0.3) is 0 Å². The van der Waals surface area contributed by atoms with Crippen molar-refractivity contribution in [2.24, 2.45) is 16.7 Å². The number of unbranched alkanes of at least 4 members (excludes halogenated alkanes) is 1. The number of amides is 1. The van der Waals surface area contributed by atoms with E-state index in [1.807, 2.05) is 20.8 Å². The van der Waals surface area contributed by atoms with Gasteiger partial charge in [-0.2, -0.15) is 0 Å². The molecule has 0 heterocycles. The molecule has 0 saturated heterocycles. The van der Waals surface area contributed by atoms with E-state index >= 15 is 0 Å². The van der Waals surface area contributed by atoms with Crippen LogP contribution in [-0.4, -0.2) is 18.2 Å². The quantitative estimate of drug-likeness (QED) is 0.719. The molecule has 0 spiro atoms. The molecular formula is C17H33NO2. The molecule has 0 aliphatic rings. The van der Waals surface area contributed by atoms with E-state index in [1.54, 1.807) is 0 Å². The average Bonchev–Trinajstić information content (AvgIpc) is 2.22. The van der Waals surface area contributed by atoms with Gasteiger partial charge in [0.1, 0.15) is 5.78 Å². The van der Waals surface area contributed by atoms with Crippen LogP contribution in [0.15, 0.2) is 0 Å². The maximum atomic E-state index is 12.5. The third-order valence-electron chi connectivity index (χ3n) is 3.32. The second kappa shape index (κ2) is 7.80. The van der Waals surface area contributed by atoms with E-state index in [0.717, 1.165) is 25.7 Å². The molecule has 1 amide bonds. The number of carbonyl (C=O) groups excluding carboxylic acids is 2. The summed E-state index contributed by atoms with van der Waals surface area (Å²) in [5.41, 5.74) is -0.100. The number of hydrogen-bond acceptors (Lipinski definition) is 2. The van der Waals surface area contributed by atoms with Gasteiger partial charge in [-0.25, -0.2) is 0 Å². The van der Waals surface area contributed by atoms with E-state index in [4.69, 9.17) is 0 Å². The zero-order valence-corrected chi connectivity index (χ0v) is 14.4. The van der Waals surface area contributed by atoms with Crippen LogP contribution in [-0.2, 0) is 9.59 Å². The Labute approximate surface area is 124 Å². The molecule has 3 heteroatoms. The molecule has 0 aliphatic heterocycles. The number of carbonyl (C=O) groups is 2. The molecule has 118 valence electrons. The Morgan fingerprint density at radius 3 is 1.95 bits per heavy atom. The summed E-state index contributed by atoms with van der Waals surface area (Å²) in [6.07, 6.45) is 3.79. The van der Waals surface area contributed by atoms with Crippen molar-refractivity contribution >= 4 is 11.7 Å². The molecule has 0 saturated carbocycles. The maximum Gasteiger partial charge on any atom is 0.216 e. The lowest BCUT2D eigenvalue weighted by molar-refractivity contribution is -0.131. The zero-order valence-electron chi connectivity index (χ0n) is 14.4. The first-order chi connectivity index (χ1) is 8.93. The summed E-state index contributed by atoms with van der Waals surface area (Å²) in [6, 6.07) is 0. The largest absolute Gasteiger partial charge is 0.356 e. The fourth-order valence-corrected chi connectivity index (χ4v) is 2.46. The van der Waals surface area contributed by atoms with E-state index in [9.17, 15) is 9.59 Å². The summed E-state index contributed by atoms with van der Waals surface area (Å²) >= 11 is 0. The Bertz CT molecular complexity index is 321. The van der Waals surface area contributed by atoms with Crippen molar-refractivity contribution in [2.75, 3.05) is 6.54 Å². The van der Waals surface area contributed by atoms with Gasteiger partial charge in [0, 0.05) is 24.8 Å². The third kappa shape index (κ3) is 9.11. The van der Waals surface area contributed by atoms with E-state index < -0.39 is 0 Å². The minimum Gasteiger partial charge on any atom is -0.356 e. The molecule has 0 aromatic rings. The van der Waals surface area contributed by atoms with Gasteiger partial charge < -0.3 is 5.32 Å². The monoisotopic (exact) mass is 283 g/mol. The number of Topliss-reactive ketones (excluding diaryl/α,β-unsaturated/α-hetero) is 1. The number of ketones is 1. The predicted octanol–water partition coefficient (Wildman–Crippen LogP) is 3.96. The van der Waals surface area contributed by atoms with E-state index in [2.05, 4.69) is 26.1 Å². The van der Waals surface area contributed by atoms with Crippen LogP contribution in [0.5, 0.6) is 0 Å². The summed E-state index contributed by atoms with van der Waals surface area (Å²) in [7, 11) is 0. The SMILES string of the molecule is CC(=O)NCCCCC(CC(C)(C)C)C(=O)C(C)(C)C. The Morgan fingerprint density at radius 1 is 1.00 bits per heavy atom. The van der Waals surface area contributed by atoms with Crippen LogP contribution in [0.2, 0.25) is 0 Å². The van der Waals surface area contributed by atoms with Crippen molar-refractivity contribution < 1.29 is 9.59 Å². The molecule has 20 heavy (non-hydrogen) atoms. The van der Waals surface area contributed by atoms with E-state index in [1.165, 1.54) is 6.92 Å². The maximum absolute atomic E-state index is 12.5. The van der Waals surface area contributed by atoms with Gasteiger partial charge in [-0.15, -0.1) is 0 Å². The van der Waals surface area contributed by atoms with Crippen LogP contribution in [0.25, 0.3) is 0 Å². The molecule has 0 bridgehead atoms. The number of nitrogens with one attached hydrogen (secondary N) is 1. The molecule has 0 radical (unpaired) electrons. The van der Waals surface area contributed by atoms with Crippen LogP contribution in [0.1, 0.15) is 74.1 Å². The normalized spacial score (nSPS) is 13.9. The van der Waals surface area contributed by atoms with Crippen molar-refractivity contribution in [1.29, 1.82) is 0 Å². The molecule has 0 fully saturated rings. The molecule has 0 aliphatic carbocycles. The molecule has 1 unspecified atom stereocenters. The van der Waals surface area contributed by atoms with Gasteiger partial charge in [-0.1, -0.05) is 48.0 Å². The highest BCUT2D eigenvalue weighted by Gasteiger charge is 2.31. The van der Waals surface area contributed by atoms with Gasteiger partial charge in [-0.3, -0.25) is 9.59 Å². The Kier molecular flexibility index (Phi) is 7.46. The Hall–Kier alpha value is -0.860. The van der Waals surface area contributed by atoms with E-state index in [-0.39, 0.29) is 22.7 Å². The fraction of sp³-hybridized carbons (Fsp3) is 0.882. The Balaban J connectivity index is 4.41. The minimum atomic E-state index is -0.270. The second-order valence-electron chi connectivity index (χ2n) is 8.05. The second-order valence-corrected chi connectivity index (χ2v) is 8.05. The first kappa shape index (κ1) is 19.1. The molecule has 0 aromatic heterocycles. The molecule has 0 aromatic carbocycles.